The number of benzene rings is 1. The van der Waals surface area contributed by atoms with E-state index in [4.69, 9.17) is 4.74 Å². The topological polar surface area (TPSA) is 60.2 Å². The molecule has 1 N–H and O–H groups in total. The summed E-state index contributed by atoms with van der Waals surface area (Å²) >= 11 is 0. The predicted octanol–water partition coefficient (Wildman–Crippen LogP) is 1.47. The molecule has 17 heavy (non-hydrogen) atoms. The summed E-state index contributed by atoms with van der Waals surface area (Å²) in [7, 11) is 1.65. The van der Waals surface area contributed by atoms with Gasteiger partial charge in [-0.1, -0.05) is 23.4 Å². The Morgan fingerprint density at radius 1 is 1.41 bits per heavy atom. The summed E-state index contributed by atoms with van der Waals surface area (Å²) < 4.78 is 6.78. The molecule has 0 radical (unpaired) electrons. The van der Waals surface area contributed by atoms with E-state index in [9.17, 15) is 5.11 Å². The molecule has 1 atom stereocenters. The fourth-order valence-electron chi connectivity index (χ4n) is 1.60. The SMILES string of the molecule is COCc1ccccc1-n1cc(C(C)O)nn1. The number of hydrogen-bond acceptors (Lipinski definition) is 4. The first-order chi connectivity index (χ1) is 8.22. The Kier molecular flexibility index (Phi) is 3.51. The molecule has 0 fully saturated rings. The number of aromatic nitrogens is 3. The number of ether oxygens (including phenoxy) is 1. The lowest BCUT2D eigenvalue weighted by molar-refractivity contribution is 0.184. The summed E-state index contributed by atoms with van der Waals surface area (Å²) in [5.41, 5.74) is 2.49. The maximum absolute atomic E-state index is 9.42. The van der Waals surface area contributed by atoms with Crippen LogP contribution < -0.4 is 0 Å². The van der Waals surface area contributed by atoms with Gasteiger partial charge in [-0.15, -0.1) is 5.10 Å². The number of hydrogen-bond donors (Lipinski definition) is 1. The number of rotatable bonds is 4. The van der Waals surface area contributed by atoms with Crippen molar-refractivity contribution in [2.24, 2.45) is 0 Å². The van der Waals surface area contributed by atoms with Crippen molar-refractivity contribution in [2.75, 3.05) is 7.11 Å². The molecule has 1 heterocycles. The maximum Gasteiger partial charge on any atom is 0.111 e. The molecule has 0 saturated carbocycles. The second kappa shape index (κ2) is 5.07. The lowest BCUT2D eigenvalue weighted by Crippen LogP contribution is -2.01. The average molecular weight is 233 g/mol. The number of para-hydroxylation sites is 1. The Balaban J connectivity index is 2.38. The summed E-state index contributed by atoms with van der Waals surface area (Å²) in [4.78, 5) is 0. The van der Waals surface area contributed by atoms with E-state index in [-0.39, 0.29) is 0 Å². The van der Waals surface area contributed by atoms with Crippen LogP contribution in [0.4, 0.5) is 0 Å². The molecule has 0 aliphatic heterocycles. The van der Waals surface area contributed by atoms with Gasteiger partial charge in [0.2, 0.25) is 0 Å². The van der Waals surface area contributed by atoms with Crippen LogP contribution in [0, 0.1) is 0 Å². The zero-order valence-electron chi connectivity index (χ0n) is 9.87. The van der Waals surface area contributed by atoms with E-state index in [1.165, 1.54) is 0 Å². The molecule has 2 rings (SSSR count). The van der Waals surface area contributed by atoms with Gasteiger partial charge in [0.05, 0.1) is 24.6 Å². The zero-order valence-corrected chi connectivity index (χ0v) is 9.87. The van der Waals surface area contributed by atoms with Gasteiger partial charge in [0.1, 0.15) is 5.69 Å². The molecule has 0 aliphatic carbocycles. The average Bonchev–Trinajstić information content (AvgIpc) is 2.79. The number of nitrogens with zero attached hydrogens (tertiary/aromatic N) is 3. The lowest BCUT2D eigenvalue weighted by atomic mass is 10.2. The number of methoxy groups -OCH3 is 1. The molecule has 1 aromatic carbocycles. The van der Waals surface area contributed by atoms with Crippen molar-refractivity contribution < 1.29 is 9.84 Å². The van der Waals surface area contributed by atoms with Gasteiger partial charge in [-0.2, -0.15) is 0 Å². The molecule has 0 bridgehead atoms. The molecule has 2 aromatic rings. The summed E-state index contributed by atoms with van der Waals surface area (Å²) in [6.07, 6.45) is 1.11. The Labute approximate surface area is 99.7 Å². The molecule has 5 heteroatoms. The predicted molar refractivity (Wildman–Crippen MR) is 62.7 cm³/mol. The van der Waals surface area contributed by atoms with Crippen molar-refractivity contribution in [2.45, 2.75) is 19.6 Å². The van der Waals surface area contributed by atoms with Crippen molar-refractivity contribution in [3.8, 4) is 5.69 Å². The maximum atomic E-state index is 9.42. The molecule has 0 saturated heterocycles. The minimum atomic E-state index is -0.613. The molecular weight excluding hydrogens is 218 g/mol. The van der Waals surface area contributed by atoms with Crippen LogP contribution in [0.2, 0.25) is 0 Å². The van der Waals surface area contributed by atoms with Gasteiger partial charge < -0.3 is 9.84 Å². The third kappa shape index (κ3) is 2.51. The molecule has 1 aromatic heterocycles. The quantitative estimate of drug-likeness (QED) is 0.868. The van der Waals surface area contributed by atoms with E-state index in [0.717, 1.165) is 11.3 Å². The highest BCUT2D eigenvalue weighted by Gasteiger charge is 2.09. The zero-order chi connectivity index (χ0) is 12.3. The standard InChI is InChI=1S/C12H15N3O2/c1-9(16)11-7-15(14-13-11)12-6-4-3-5-10(12)8-17-2/h3-7,9,16H,8H2,1-2H3. The van der Waals surface area contributed by atoms with Crippen LogP contribution in [0.5, 0.6) is 0 Å². The van der Waals surface area contributed by atoms with Crippen molar-refractivity contribution in [3.63, 3.8) is 0 Å². The summed E-state index contributed by atoms with van der Waals surface area (Å²) in [5.74, 6) is 0. The molecule has 90 valence electrons. The van der Waals surface area contributed by atoms with Crippen LogP contribution in [0.1, 0.15) is 24.3 Å². The Morgan fingerprint density at radius 2 is 2.18 bits per heavy atom. The van der Waals surface area contributed by atoms with Crippen LogP contribution in [-0.4, -0.2) is 27.2 Å². The third-order valence-corrected chi connectivity index (χ3v) is 2.48. The highest BCUT2D eigenvalue weighted by molar-refractivity contribution is 5.39. The monoisotopic (exact) mass is 233 g/mol. The lowest BCUT2D eigenvalue weighted by Gasteiger charge is -2.07. The van der Waals surface area contributed by atoms with Crippen molar-refractivity contribution in [3.05, 3.63) is 41.7 Å². The van der Waals surface area contributed by atoms with E-state index in [1.807, 2.05) is 24.3 Å². The van der Waals surface area contributed by atoms with E-state index in [0.29, 0.717) is 12.3 Å². The first-order valence-electron chi connectivity index (χ1n) is 5.40. The Bertz CT molecular complexity index is 494. The van der Waals surface area contributed by atoms with Gasteiger partial charge in [-0.25, -0.2) is 4.68 Å². The van der Waals surface area contributed by atoms with Crippen LogP contribution >= 0.6 is 0 Å². The number of aliphatic hydroxyl groups excluding tert-OH is 1. The molecule has 5 nitrogen and oxygen atoms in total. The fraction of sp³-hybridized carbons (Fsp3) is 0.333. The molecule has 1 unspecified atom stereocenters. The second-order valence-corrected chi connectivity index (χ2v) is 3.83. The van der Waals surface area contributed by atoms with Gasteiger partial charge in [0.15, 0.2) is 0 Å². The fourth-order valence-corrected chi connectivity index (χ4v) is 1.60. The highest BCUT2D eigenvalue weighted by atomic mass is 16.5. The van der Waals surface area contributed by atoms with E-state index >= 15 is 0 Å². The van der Waals surface area contributed by atoms with Gasteiger partial charge in [-0.05, 0) is 13.0 Å². The Hall–Kier alpha value is -1.72. The highest BCUT2D eigenvalue weighted by Crippen LogP contribution is 2.16. The molecular formula is C12H15N3O2. The van der Waals surface area contributed by atoms with Crippen LogP contribution in [0.3, 0.4) is 0 Å². The van der Waals surface area contributed by atoms with Gasteiger partial charge in [0, 0.05) is 12.7 Å². The van der Waals surface area contributed by atoms with Crippen LogP contribution in [-0.2, 0) is 11.3 Å². The molecule has 0 spiro atoms. The first kappa shape index (κ1) is 11.8. The van der Waals surface area contributed by atoms with Crippen molar-refractivity contribution in [1.29, 1.82) is 0 Å². The van der Waals surface area contributed by atoms with Gasteiger partial charge in [-0.3, -0.25) is 0 Å². The summed E-state index contributed by atoms with van der Waals surface area (Å²) in [6, 6.07) is 7.79. The van der Waals surface area contributed by atoms with Crippen LogP contribution in [0.15, 0.2) is 30.5 Å². The number of aliphatic hydroxyl groups is 1. The van der Waals surface area contributed by atoms with Crippen molar-refractivity contribution in [1.82, 2.24) is 15.0 Å². The first-order valence-corrected chi connectivity index (χ1v) is 5.40. The molecule has 0 aliphatic rings. The Morgan fingerprint density at radius 3 is 2.82 bits per heavy atom. The largest absolute Gasteiger partial charge is 0.387 e. The van der Waals surface area contributed by atoms with E-state index in [2.05, 4.69) is 10.3 Å². The van der Waals surface area contributed by atoms with Gasteiger partial charge >= 0.3 is 0 Å². The normalized spacial score (nSPS) is 12.6. The minimum absolute atomic E-state index is 0.514. The van der Waals surface area contributed by atoms with E-state index in [1.54, 1.807) is 24.9 Å². The van der Waals surface area contributed by atoms with Crippen molar-refractivity contribution >= 4 is 0 Å². The van der Waals surface area contributed by atoms with Crippen LogP contribution in [0.25, 0.3) is 5.69 Å². The summed E-state index contributed by atoms with van der Waals surface area (Å²) in [6.45, 7) is 2.18. The smallest absolute Gasteiger partial charge is 0.111 e. The van der Waals surface area contributed by atoms with Gasteiger partial charge in [0.25, 0.3) is 0 Å². The second-order valence-electron chi connectivity index (χ2n) is 3.83. The third-order valence-electron chi connectivity index (χ3n) is 2.48. The minimum Gasteiger partial charge on any atom is -0.387 e. The molecule has 0 amide bonds. The van der Waals surface area contributed by atoms with E-state index < -0.39 is 6.10 Å². The summed E-state index contributed by atoms with van der Waals surface area (Å²) in [5, 5.41) is 17.3.